The lowest BCUT2D eigenvalue weighted by Crippen LogP contribution is -2.57. The van der Waals surface area contributed by atoms with Gasteiger partial charge in [0.15, 0.2) is 5.82 Å². The maximum absolute atomic E-state index is 17.2. The number of carbonyl (C=O) groups is 3. The number of rotatable bonds is 23. The smallest absolute Gasteiger partial charge is 0.319 e. The molecule has 0 radical (unpaired) electrons. The second-order valence-corrected chi connectivity index (χ2v) is 26.0. The van der Waals surface area contributed by atoms with E-state index in [1.165, 1.54) is 17.0 Å². The summed E-state index contributed by atoms with van der Waals surface area (Å²) in [7, 11) is 5.71. The number of amides is 3. The van der Waals surface area contributed by atoms with Crippen molar-refractivity contribution in [2.24, 2.45) is 10.8 Å². The summed E-state index contributed by atoms with van der Waals surface area (Å²) in [5.74, 6) is -5.60. The number of carbonyl (C=O) groups excluding carboxylic acids is 3. The number of nitrogens with zero attached hydrogens (tertiary/aromatic N) is 7. The number of anilines is 2. The number of fused-ring (bicyclic) bond motifs is 2. The number of likely N-dealkylation sites (tertiary alicyclic amines) is 1. The molecule has 0 spiro atoms. The number of hydrogen-bond donors (Lipinski definition) is 5. The van der Waals surface area contributed by atoms with Crippen LogP contribution >= 0.6 is 34.3 Å². The van der Waals surface area contributed by atoms with Gasteiger partial charge in [-0.2, -0.15) is 15.2 Å². The number of thiophene rings is 1. The number of halogens is 5. The highest BCUT2D eigenvalue weighted by atomic mass is 35.5. The number of aliphatic hydroxyl groups is 1. The molecule has 3 aromatic heterocycles. The third-order valence-corrected chi connectivity index (χ3v) is 18.8. The van der Waals surface area contributed by atoms with E-state index >= 15 is 17.6 Å². The molecule has 4 atom stereocenters. The van der Waals surface area contributed by atoms with Crippen molar-refractivity contribution in [3.8, 4) is 33.6 Å². The molecule has 16 nitrogen and oxygen atoms in total. The van der Waals surface area contributed by atoms with E-state index in [4.69, 9.17) is 22.1 Å². The first kappa shape index (κ1) is 60.4. The number of β-amino-alcohol motifs (C(OH)–C–C–N with tert-alkyl or cyclic N) is 1. The monoisotopic (exact) mass is 1190 g/mol. The molecule has 4 heterocycles. The summed E-state index contributed by atoms with van der Waals surface area (Å²) < 4.78 is 69.4. The maximum Gasteiger partial charge on any atom is 0.319 e. The predicted octanol–water partition coefficient (Wildman–Crippen LogP) is 10.3. The van der Waals surface area contributed by atoms with E-state index in [1.54, 1.807) is 23.9 Å². The molecule has 6 N–H and O–H groups in total. The molecule has 82 heavy (non-hydrogen) atoms. The summed E-state index contributed by atoms with van der Waals surface area (Å²) in [6.07, 6.45) is 4.21. The maximum atomic E-state index is 17.2. The van der Waals surface area contributed by atoms with Gasteiger partial charge in [0.1, 0.15) is 46.9 Å². The predicted molar refractivity (Wildman–Crippen MR) is 313 cm³/mol. The fraction of sp³-hybridized carbons (Fsp3) is 0.508. The van der Waals surface area contributed by atoms with Crippen molar-refractivity contribution >= 4 is 83.8 Å². The van der Waals surface area contributed by atoms with Crippen LogP contribution in [0.5, 0.6) is 6.01 Å². The van der Waals surface area contributed by atoms with Gasteiger partial charge >= 0.3 is 6.01 Å². The van der Waals surface area contributed by atoms with Crippen LogP contribution in [0.1, 0.15) is 102 Å². The number of benzene rings is 3. The molecule has 3 aliphatic rings. The molecule has 2 saturated carbocycles. The first-order valence-electron chi connectivity index (χ1n) is 27.6. The number of ether oxygens (including phenoxy) is 1. The third-order valence-electron chi connectivity index (χ3n) is 16.5. The quantitative estimate of drug-likeness (QED) is 0.0299. The van der Waals surface area contributed by atoms with E-state index in [0.29, 0.717) is 38.8 Å². The molecule has 0 bridgehead atoms. The van der Waals surface area contributed by atoms with E-state index in [-0.39, 0.29) is 103 Å². The van der Waals surface area contributed by atoms with Gasteiger partial charge in [-0.25, -0.2) is 22.5 Å². The highest BCUT2D eigenvalue weighted by molar-refractivity contribution is 7.23. The molecule has 1 aliphatic heterocycles. The van der Waals surface area contributed by atoms with Crippen LogP contribution in [0, 0.1) is 40.7 Å². The average molecular weight is 1190 g/mol. The van der Waals surface area contributed by atoms with E-state index in [1.807, 2.05) is 77.0 Å². The molecule has 9 rings (SSSR count). The number of aryl methyl sites for hydroxylation is 1. The molecule has 23 heteroatoms. The summed E-state index contributed by atoms with van der Waals surface area (Å²) >= 11 is 9.28. The zero-order valence-corrected chi connectivity index (χ0v) is 49.5. The molecule has 0 unspecified atom stereocenters. The van der Waals surface area contributed by atoms with Gasteiger partial charge in [-0.3, -0.25) is 14.4 Å². The largest absolute Gasteiger partial charge is 0.463 e. The standard InChI is InChI=1S/C59H70ClF4N11O5S2/c1-33-48(81-32-69-33)35-16-14-34(15-17-35)26-67-53(78)42-23-36(76)27-75(42)54(79)50(56(2,3)4)70-43(77)13-10-8-9-11-22-74(7)30-57(28-59(57,63)64)31-80-55-71-47-38(52(72-55)68-29-58(73(5)6)20-12-21-58)24-40(60)45(46(47)62)37-18-19-41(61)49-44(37)39(25-65)51(66)82-49/h14-19,24,32,36,42,50,76H,8-13,20-23,26-31,66H2,1-7H3,(H,67,78)(H,70,77)(H,68,71,72)/t36-,42+,50-,57-/m1/s1. The first-order chi connectivity index (χ1) is 38.9. The minimum absolute atomic E-state index is 0.0204. The number of nitriles is 1. The van der Waals surface area contributed by atoms with Crippen LogP contribution in [0.4, 0.5) is 28.4 Å². The SMILES string of the molecule is Cc1ncsc1-c1ccc(CNC(=O)[C@@H]2C[C@@H](O)CN2C(=O)[C@@H](NC(=O)CCCCCCN(C)C[C@@]2(COc3nc(NCC4(N(C)C)CCC4)c4cc(Cl)c(-c5ccc(F)c6sc(N)c(C#N)c56)c(F)c4n3)CC2(F)F)C(C)(C)C)cc1. The third kappa shape index (κ3) is 12.5. The van der Waals surface area contributed by atoms with Crippen molar-refractivity contribution in [3.05, 3.63) is 81.5 Å². The molecule has 438 valence electrons. The zero-order valence-electron chi connectivity index (χ0n) is 47.2. The van der Waals surface area contributed by atoms with Crippen LogP contribution < -0.4 is 26.4 Å². The Morgan fingerprint density at radius 2 is 1.78 bits per heavy atom. The van der Waals surface area contributed by atoms with Crippen molar-refractivity contribution in [2.75, 3.05) is 65.0 Å². The molecule has 1 saturated heterocycles. The lowest BCUT2D eigenvalue weighted by Gasteiger charge is -2.47. The minimum atomic E-state index is -3.07. The van der Waals surface area contributed by atoms with Crippen molar-refractivity contribution in [1.29, 1.82) is 5.26 Å². The van der Waals surface area contributed by atoms with E-state index in [9.17, 15) is 24.8 Å². The lowest BCUT2D eigenvalue weighted by atomic mass is 9.75. The van der Waals surface area contributed by atoms with Crippen LogP contribution in [0.15, 0.2) is 48.0 Å². The van der Waals surface area contributed by atoms with Gasteiger partial charge in [-0.1, -0.05) is 75.5 Å². The molecule has 3 aromatic carbocycles. The molecule has 2 aliphatic carbocycles. The normalized spacial score (nSPS) is 19.6. The summed E-state index contributed by atoms with van der Waals surface area (Å²) in [4.78, 5) is 60.9. The van der Waals surface area contributed by atoms with Gasteiger partial charge in [0, 0.05) is 67.3 Å². The van der Waals surface area contributed by atoms with Crippen LogP contribution in [-0.4, -0.2) is 136 Å². The minimum Gasteiger partial charge on any atom is -0.463 e. The number of alkyl halides is 2. The van der Waals surface area contributed by atoms with E-state index < -0.39 is 71.4 Å². The molecular formula is C59H70ClF4N11O5S2. The topological polar surface area (TPSA) is 215 Å². The van der Waals surface area contributed by atoms with E-state index in [0.717, 1.165) is 58.4 Å². The lowest BCUT2D eigenvalue weighted by molar-refractivity contribution is -0.144. The Kier molecular flexibility index (Phi) is 17.8. The number of nitrogens with one attached hydrogen (secondary N) is 3. The summed E-state index contributed by atoms with van der Waals surface area (Å²) in [5, 5.41) is 30.2. The van der Waals surface area contributed by atoms with Gasteiger partial charge in [-0.05, 0) is 101 Å². The number of hydrogen-bond acceptors (Lipinski definition) is 15. The van der Waals surface area contributed by atoms with Crippen LogP contribution in [0.25, 0.3) is 42.6 Å². The second-order valence-electron chi connectivity index (χ2n) is 23.7. The van der Waals surface area contributed by atoms with Crippen molar-refractivity contribution in [3.63, 3.8) is 0 Å². The Morgan fingerprint density at radius 3 is 2.41 bits per heavy atom. The van der Waals surface area contributed by atoms with Crippen molar-refractivity contribution < 1.29 is 41.8 Å². The van der Waals surface area contributed by atoms with Gasteiger partial charge in [0.25, 0.3) is 5.92 Å². The highest BCUT2D eigenvalue weighted by Gasteiger charge is 2.72. The highest BCUT2D eigenvalue weighted by Crippen LogP contribution is 2.61. The van der Waals surface area contributed by atoms with Crippen LogP contribution in [0.3, 0.4) is 0 Å². The number of aromatic nitrogens is 3. The van der Waals surface area contributed by atoms with Crippen molar-refractivity contribution in [2.45, 2.75) is 128 Å². The van der Waals surface area contributed by atoms with Gasteiger partial charge in [0.2, 0.25) is 17.7 Å². The average Bonchev–Trinajstić information content (AvgIpc) is 3.22. The number of unbranched alkanes of at least 4 members (excludes halogenated alkanes) is 3. The molecular weight excluding hydrogens is 1120 g/mol. The Balaban J connectivity index is 0.791. The molecule has 3 amide bonds. The summed E-state index contributed by atoms with van der Waals surface area (Å²) in [5.41, 5.74) is 7.96. The van der Waals surface area contributed by atoms with Gasteiger partial charge in [0.05, 0.1) is 42.9 Å². The molecule has 6 aromatic rings. The summed E-state index contributed by atoms with van der Waals surface area (Å²) in [6.45, 7) is 8.04. The first-order valence-corrected chi connectivity index (χ1v) is 29.7. The Hall–Kier alpha value is -6.22. The fourth-order valence-electron chi connectivity index (χ4n) is 11.3. The Labute approximate surface area is 487 Å². The van der Waals surface area contributed by atoms with Crippen molar-refractivity contribution in [1.82, 2.24) is 40.3 Å². The number of thiazole rings is 1. The van der Waals surface area contributed by atoms with E-state index in [2.05, 4.69) is 35.8 Å². The number of nitrogen functional groups attached to an aromatic ring is 1. The van der Waals surface area contributed by atoms with Gasteiger partial charge in [-0.15, -0.1) is 22.7 Å². The summed E-state index contributed by atoms with van der Waals surface area (Å²) in [6, 6.07) is 11.6. The number of aliphatic hydroxyl groups excluding tert-OH is 1. The number of nitrogens with two attached hydrogens (primary N) is 1. The fourth-order valence-corrected chi connectivity index (χ4v) is 13.4. The molecule has 3 fully saturated rings. The van der Waals surface area contributed by atoms with Crippen LogP contribution in [-0.2, 0) is 20.9 Å². The van der Waals surface area contributed by atoms with Crippen LogP contribution in [0.2, 0.25) is 5.02 Å². The van der Waals surface area contributed by atoms with Gasteiger partial charge < -0.3 is 46.2 Å². The Morgan fingerprint density at radius 1 is 1.06 bits per heavy atom. The Bertz CT molecular complexity index is 3420. The zero-order chi connectivity index (χ0) is 59.1. The second kappa shape index (κ2) is 24.2. The number of likely N-dealkylation sites (N-methyl/N-ethyl adjacent to an activating group) is 1.